The Bertz CT molecular complexity index is 1000. The van der Waals surface area contributed by atoms with E-state index in [1.54, 1.807) is 6.92 Å². The van der Waals surface area contributed by atoms with Crippen LogP contribution in [-0.4, -0.2) is 53.7 Å². The quantitative estimate of drug-likeness (QED) is 0.408. The number of amides is 1. The summed E-state index contributed by atoms with van der Waals surface area (Å²) in [6, 6.07) is 7.66. The number of carbonyl (C=O) groups excluding carboxylic acids is 3. The van der Waals surface area contributed by atoms with E-state index in [0.29, 0.717) is 29.3 Å². The summed E-state index contributed by atoms with van der Waals surface area (Å²) in [7, 11) is 1.29. The van der Waals surface area contributed by atoms with Gasteiger partial charge in [0.25, 0.3) is 0 Å². The molecule has 0 spiro atoms. The van der Waals surface area contributed by atoms with Gasteiger partial charge in [0.05, 0.1) is 47.3 Å². The number of fused-ring (bicyclic) bond motifs is 1. The summed E-state index contributed by atoms with van der Waals surface area (Å²) in [5, 5.41) is 1.47. The summed E-state index contributed by atoms with van der Waals surface area (Å²) >= 11 is 1.29. The van der Waals surface area contributed by atoms with Crippen molar-refractivity contribution in [1.29, 1.82) is 0 Å². The molecular weight excluding hydrogens is 392 g/mol. The number of ether oxygens (including phenoxy) is 2. The molecule has 0 unspecified atom stereocenters. The molecule has 1 aromatic carbocycles. The normalized spacial score (nSPS) is 15.2. The molecule has 0 N–H and O–H groups in total. The summed E-state index contributed by atoms with van der Waals surface area (Å²) in [4.78, 5) is 42.1. The lowest BCUT2D eigenvalue weighted by molar-refractivity contribution is -0.134. The molecule has 1 saturated heterocycles. The molecule has 1 aromatic heterocycles. The second-order valence-corrected chi connectivity index (χ2v) is 7.54. The highest BCUT2D eigenvalue weighted by Crippen LogP contribution is 2.29. The van der Waals surface area contributed by atoms with Gasteiger partial charge in [-0.15, -0.1) is 0 Å². The van der Waals surface area contributed by atoms with Gasteiger partial charge in [-0.05, 0) is 31.9 Å². The average Bonchev–Trinajstić information content (AvgIpc) is 3.04. The smallest absolute Gasteiger partial charge is 0.340 e. The molecule has 29 heavy (non-hydrogen) atoms. The van der Waals surface area contributed by atoms with Crippen molar-refractivity contribution in [2.75, 3.05) is 26.0 Å². The van der Waals surface area contributed by atoms with Crippen molar-refractivity contribution < 1.29 is 23.9 Å². The van der Waals surface area contributed by atoms with Crippen molar-refractivity contribution >= 4 is 40.5 Å². The van der Waals surface area contributed by atoms with E-state index in [4.69, 9.17) is 4.74 Å². The second-order valence-electron chi connectivity index (χ2n) is 6.54. The topological polar surface area (TPSA) is 85.8 Å². The van der Waals surface area contributed by atoms with Crippen molar-refractivity contribution in [2.24, 2.45) is 0 Å². The van der Waals surface area contributed by atoms with E-state index in [1.165, 1.54) is 29.8 Å². The Balaban J connectivity index is 1.62. The number of methoxy groups -OCH3 is 1. The zero-order chi connectivity index (χ0) is 21.0. The van der Waals surface area contributed by atoms with Gasteiger partial charge in [-0.2, -0.15) is 0 Å². The molecule has 3 rings (SSSR count). The predicted octanol–water partition coefficient (Wildman–Crippen LogP) is 2.99. The fourth-order valence-electron chi connectivity index (χ4n) is 3.22. The third kappa shape index (κ3) is 4.59. The average molecular weight is 414 g/mol. The van der Waals surface area contributed by atoms with Crippen LogP contribution < -0.4 is 0 Å². The van der Waals surface area contributed by atoms with Gasteiger partial charge in [0.15, 0.2) is 0 Å². The van der Waals surface area contributed by atoms with Gasteiger partial charge in [-0.25, -0.2) is 9.59 Å². The minimum Gasteiger partial charge on any atom is -0.466 e. The Kier molecular flexibility index (Phi) is 6.53. The highest BCUT2D eigenvalue weighted by atomic mass is 32.2. The van der Waals surface area contributed by atoms with E-state index >= 15 is 0 Å². The molecule has 1 aliphatic heterocycles. The predicted molar refractivity (Wildman–Crippen MR) is 110 cm³/mol. The van der Waals surface area contributed by atoms with Crippen LogP contribution in [0.5, 0.6) is 0 Å². The van der Waals surface area contributed by atoms with Crippen LogP contribution in [0.25, 0.3) is 10.9 Å². The zero-order valence-electron chi connectivity index (χ0n) is 16.6. The maximum absolute atomic E-state index is 12.6. The van der Waals surface area contributed by atoms with Crippen LogP contribution in [0.4, 0.5) is 0 Å². The fraction of sp³-hybridized carbons (Fsp3) is 0.333. The summed E-state index contributed by atoms with van der Waals surface area (Å²) in [5.74, 6) is -0.731. The van der Waals surface area contributed by atoms with Crippen LogP contribution in [0.3, 0.4) is 0 Å². The first-order chi connectivity index (χ1) is 13.9. The van der Waals surface area contributed by atoms with Gasteiger partial charge < -0.3 is 14.4 Å². The second kappa shape index (κ2) is 9.09. The van der Waals surface area contributed by atoms with E-state index in [9.17, 15) is 14.4 Å². The van der Waals surface area contributed by atoms with Crippen molar-refractivity contribution in [3.63, 3.8) is 0 Å². The molecule has 0 aliphatic carbocycles. The number of para-hydroxylation sites is 1. The van der Waals surface area contributed by atoms with E-state index < -0.39 is 11.9 Å². The first-order valence-electron chi connectivity index (χ1n) is 9.18. The van der Waals surface area contributed by atoms with Crippen molar-refractivity contribution in [3.05, 3.63) is 52.2 Å². The molecule has 152 valence electrons. The maximum Gasteiger partial charge on any atom is 0.340 e. The first-order valence-corrected chi connectivity index (χ1v) is 10.2. The lowest BCUT2D eigenvalue weighted by Gasteiger charge is -2.17. The van der Waals surface area contributed by atoms with Gasteiger partial charge >= 0.3 is 11.9 Å². The highest BCUT2D eigenvalue weighted by molar-refractivity contribution is 8.04. The molecule has 0 saturated carbocycles. The SMILES string of the molecule is COC(=O)/C=C1/SCC(=O)N1CCCOC(=O)c1c(C)nc2ccccc2c1C. The van der Waals surface area contributed by atoms with Crippen LogP contribution in [0.2, 0.25) is 0 Å². The standard InChI is InChI=1S/C21H22N2O5S/c1-13-15-7-4-5-8-16(15)22-14(2)20(13)21(26)28-10-6-9-23-17(24)12-29-18(23)11-19(25)27-3/h4-5,7-8,11H,6,9-10,12H2,1-3H3/b18-11+. The molecule has 1 aliphatic rings. The van der Waals surface area contributed by atoms with Gasteiger partial charge in [-0.1, -0.05) is 30.0 Å². The number of hydrogen-bond acceptors (Lipinski definition) is 7. The van der Waals surface area contributed by atoms with Crippen molar-refractivity contribution in [2.45, 2.75) is 20.3 Å². The number of thioether (sulfide) groups is 1. The van der Waals surface area contributed by atoms with Crippen LogP contribution in [-0.2, 0) is 19.1 Å². The van der Waals surface area contributed by atoms with E-state index in [-0.39, 0.29) is 18.3 Å². The Morgan fingerprint density at radius 2 is 2.03 bits per heavy atom. The number of esters is 2. The molecule has 8 heteroatoms. The minimum atomic E-state index is -0.506. The zero-order valence-corrected chi connectivity index (χ0v) is 17.4. The lowest BCUT2D eigenvalue weighted by Crippen LogP contribution is -2.27. The summed E-state index contributed by atoms with van der Waals surface area (Å²) < 4.78 is 10.0. The molecule has 7 nitrogen and oxygen atoms in total. The third-order valence-electron chi connectivity index (χ3n) is 4.65. The van der Waals surface area contributed by atoms with Gasteiger partial charge in [0.1, 0.15) is 0 Å². The number of rotatable bonds is 6. The number of pyridine rings is 1. The molecule has 0 bridgehead atoms. The molecule has 2 aromatic rings. The number of nitrogens with zero attached hydrogens (tertiary/aromatic N) is 2. The summed E-state index contributed by atoms with van der Waals surface area (Å²) in [6.45, 7) is 4.19. The number of benzene rings is 1. The third-order valence-corrected chi connectivity index (χ3v) is 5.67. The van der Waals surface area contributed by atoms with Crippen molar-refractivity contribution in [3.8, 4) is 0 Å². The molecule has 0 atom stereocenters. The monoisotopic (exact) mass is 414 g/mol. The molecule has 1 fully saturated rings. The largest absolute Gasteiger partial charge is 0.466 e. The number of carbonyl (C=O) groups is 3. The minimum absolute atomic E-state index is 0.0816. The van der Waals surface area contributed by atoms with E-state index in [0.717, 1.165) is 16.5 Å². The van der Waals surface area contributed by atoms with Gasteiger partial charge in [0, 0.05) is 11.9 Å². The van der Waals surface area contributed by atoms with Crippen LogP contribution in [0.15, 0.2) is 35.4 Å². The van der Waals surface area contributed by atoms with Crippen LogP contribution in [0.1, 0.15) is 28.0 Å². The van der Waals surface area contributed by atoms with Crippen LogP contribution in [0, 0.1) is 13.8 Å². The Morgan fingerprint density at radius 1 is 1.28 bits per heavy atom. The first kappa shape index (κ1) is 20.9. The van der Waals surface area contributed by atoms with Crippen LogP contribution >= 0.6 is 11.8 Å². The Morgan fingerprint density at radius 3 is 2.79 bits per heavy atom. The lowest BCUT2D eigenvalue weighted by atomic mass is 10.0. The van der Waals surface area contributed by atoms with Crippen molar-refractivity contribution in [1.82, 2.24) is 9.88 Å². The molecule has 1 amide bonds. The van der Waals surface area contributed by atoms with Gasteiger partial charge in [-0.3, -0.25) is 9.78 Å². The maximum atomic E-state index is 12.6. The van der Waals surface area contributed by atoms with Gasteiger partial charge in [0.2, 0.25) is 5.91 Å². The summed E-state index contributed by atoms with van der Waals surface area (Å²) in [6.07, 6.45) is 1.75. The highest BCUT2D eigenvalue weighted by Gasteiger charge is 2.27. The fourth-order valence-corrected chi connectivity index (χ4v) is 4.18. The Hall–Kier alpha value is -2.87. The van der Waals surface area contributed by atoms with E-state index in [2.05, 4.69) is 9.72 Å². The molecular formula is C21H22N2O5S. The molecule has 2 heterocycles. The number of hydrogen-bond donors (Lipinski definition) is 0. The number of aryl methyl sites for hydroxylation is 2. The summed E-state index contributed by atoms with van der Waals surface area (Å²) in [5.41, 5.74) is 2.78. The van der Waals surface area contributed by atoms with E-state index in [1.807, 2.05) is 31.2 Å². The molecule has 0 radical (unpaired) electrons. The number of aromatic nitrogens is 1. The Labute approximate surface area is 173 Å².